The first-order chi connectivity index (χ1) is 9.49. The van der Waals surface area contributed by atoms with Gasteiger partial charge in [-0.25, -0.2) is 0 Å². The molecule has 108 valence electrons. The Morgan fingerprint density at radius 3 is 2.30 bits per heavy atom. The maximum Gasteiger partial charge on any atom is 0.141 e. The molecule has 0 N–H and O–H groups in total. The number of hydrogen-bond acceptors (Lipinski definition) is 3. The Kier molecular flexibility index (Phi) is 5.82. The van der Waals surface area contributed by atoms with Crippen molar-refractivity contribution in [1.82, 2.24) is 0 Å². The lowest BCUT2D eigenvalue weighted by molar-refractivity contribution is 0.386. The highest BCUT2D eigenvalue weighted by molar-refractivity contribution is 9.12. The van der Waals surface area contributed by atoms with Gasteiger partial charge in [-0.15, -0.1) is 22.9 Å². The van der Waals surface area contributed by atoms with Crippen LogP contribution in [0.2, 0.25) is 0 Å². The highest BCUT2D eigenvalue weighted by Gasteiger charge is 2.23. The smallest absolute Gasteiger partial charge is 0.141 e. The molecule has 20 heavy (non-hydrogen) atoms. The highest BCUT2D eigenvalue weighted by atomic mass is 79.9. The fraction of sp³-hybridized carbons (Fsp3) is 0.231. The fourth-order valence-electron chi connectivity index (χ4n) is 1.81. The van der Waals surface area contributed by atoms with Crippen LogP contribution in [0.15, 0.2) is 30.2 Å². The number of thiophene rings is 1. The van der Waals surface area contributed by atoms with Gasteiger partial charge in [-0.05, 0) is 66.0 Å². The zero-order valence-electron chi connectivity index (χ0n) is 10.5. The minimum Gasteiger partial charge on any atom is -0.495 e. The standard InChI is InChI=1S/C13H10Br3ClO2S/c1-18-8-4-3-6(12(19-2)10(8)15)11(17)7-5-9(14)20-13(7)16/h3-5,11H,1-2H3. The summed E-state index contributed by atoms with van der Waals surface area (Å²) in [7, 11) is 3.23. The molecular weight excluding hydrogens is 495 g/mol. The van der Waals surface area contributed by atoms with Crippen molar-refractivity contribution in [2.75, 3.05) is 14.2 Å². The zero-order chi connectivity index (χ0) is 14.9. The molecule has 0 radical (unpaired) electrons. The number of hydrogen-bond donors (Lipinski definition) is 0. The molecule has 2 nitrogen and oxygen atoms in total. The molecule has 7 heteroatoms. The van der Waals surface area contributed by atoms with Crippen LogP contribution in [0.3, 0.4) is 0 Å². The van der Waals surface area contributed by atoms with Crippen LogP contribution in [0, 0.1) is 0 Å². The van der Waals surface area contributed by atoms with Gasteiger partial charge in [0.15, 0.2) is 0 Å². The molecule has 2 aromatic rings. The van der Waals surface area contributed by atoms with E-state index in [1.54, 1.807) is 25.6 Å². The van der Waals surface area contributed by atoms with Crippen LogP contribution in [-0.2, 0) is 0 Å². The molecule has 2 rings (SSSR count). The van der Waals surface area contributed by atoms with E-state index in [9.17, 15) is 0 Å². The van der Waals surface area contributed by atoms with E-state index in [4.69, 9.17) is 21.1 Å². The second-order valence-corrected chi connectivity index (χ2v) is 8.83. The van der Waals surface area contributed by atoms with E-state index in [-0.39, 0.29) is 5.38 Å². The van der Waals surface area contributed by atoms with Crippen molar-refractivity contribution in [3.8, 4) is 11.5 Å². The maximum atomic E-state index is 6.62. The van der Waals surface area contributed by atoms with E-state index in [0.29, 0.717) is 11.5 Å². The van der Waals surface area contributed by atoms with Crippen molar-refractivity contribution in [3.05, 3.63) is 41.4 Å². The normalized spacial score (nSPS) is 12.3. The first-order valence-corrected chi connectivity index (χ1v) is 9.12. The minimum absolute atomic E-state index is 0.316. The molecule has 0 aliphatic rings. The molecule has 0 fully saturated rings. The lowest BCUT2D eigenvalue weighted by Gasteiger charge is -2.17. The number of halogens is 4. The second-order valence-electron chi connectivity index (χ2n) is 3.85. The SMILES string of the molecule is COc1ccc(C(Cl)c2cc(Br)sc2Br)c(OC)c1Br. The fourth-order valence-corrected chi connectivity index (χ4v) is 5.94. The second kappa shape index (κ2) is 7.01. The summed E-state index contributed by atoms with van der Waals surface area (Å²) >= 11 is 18.7. The van der Waals surface area contributed by atoms with E-state index in [0.717, 1.165) is 23.2 Å². The molecule has 1 atom stereocenters. The van der Waals surface area contributed by atoms with Crippen molar-refractivity contribution < 1.29 is 9.47 Å². The van der Waals surface area contributed by atoms with Crippen molar-refractivity contribution in [2.24, 2.45) is 0 Å². The molecule has 0 aliphatic heterocycles. The van der Waals surface area contributed by atoms with E-state index in [2.05, 4.69) is 47.8 Å². The molecule has 0 saturated heterocycles. The van der Waals surface area contributed by atoms with Gasteiger partial charge in [0.2, 0.25) is 0 Å². The number of rotatable bonds is 4. The number of ether oxygens (including phenoxy) is 2. The van der Waals surface area contributed by atoms with Crippen LogP contribution in [0.1, 0.15) is 16.5 Å². The molecule has 0 amide bonds. The summed E-state index contributed by atoms with van der Waals surface area (Å²) < 4.78 is 13.5. The molecular formula is C13H10Br3ClO2S. The lowest BCUT2D eigenvalue weighted by Crippen LogP contribution is -1.99. The molecule has 0 spiro atoms. The van der Waals surface area contributed by atoms with Crippen molar-refractivity contribution in [2.45, 2.75) is 5.38 Å². The van der Waals surface area contributed by atoms with Crippen LogP contribution in [-0.4, -0.2) is 14.2 Å². The Hall–Kier alpha value is 0.250. The summed E-state index contributed by atoms with van der Waals surface area (Å²) in [5.41, 5.74) is 1.88. The molecule has 1 heterocycles. The van der Waals surface area contributed by atoms with Crippen molar-refractivity contribution in [1.29, 1.82) is 0 Å². The van der Waals surface area contributed by atoms with Crippen LogP contribution < -0.4 is 9.47 Å². The Morgan fingerprint density at radius 1 is 1.10 bits per heavy atom. The molecule has 1 aromatic heterocycles. The Bertz CT molecular complexity index is 630. The van der Waals surface area contributed by atoms with Gasteiger partial charge in [0.05, 0.1) is 27.2 Å². The Labute approximate surface area is 151 Å². The van der Waals surface area contributed by atoms with Gasteiger partial charge in [0.1, 0.15) is 16.0 Å². The first-order valence-electron chi connectivity index (χ1n) is 5.48. The molecule has 0 saturated carbocycles. The maximum absolute atomic E-state index is 6.62. The largest absolute Gasteiger partial charge is 0.495 e. The molecule has 1 aromatic carbocycles. The summed E-state index contributed by atoms with van der Waals surface area (Å²) in [6.07, 6.45) is 0. The Balaban J connectivity index is 2.52. The van der Waals surface area contributed by atoms with Gasteiger partial charge in [-0.2, -0.15) is 0 Å². The van der Waals surface area contributed by atoms with Gasteiger partial charge >= 0.3 is 0 Å². The van der Waals surface area contributed by atoms with Crippen LogP contribution in [0.5, 0.6) is 11.5 Å². The topological polar surface area (TPSA) is 18.5 Å². The monoisotopic (exact) mass is 502 g/mol. The van der Waals surface area contributed by atoms with Gasteiger partial charge in [-0.1, -0.05) is 0 Å². The number of methoxy groups -OCH3 is 2. The quantitative estimate of drug-likeness (QED) is 0.449. The third-order valence-corrected chi connectivity index (χ3v) is 6.35. The molecule has 0 bridgehead atoms. The van der Waals surface area contributed by atoms with Crippen molar-refractivity contribution >= 4 is 70.7 Å². The van der Waals surface area contributed by atoms with E-state index in [1.165, 1.54) is 0 Å². The third-order valence-electron chi connectivity index (χ3n) is 2.75. The summed E-state index contributed by atoms with van der Waals surface area (Å²) in [5, 5.41) is -0.316. The van der Waals surface area contributed by atoms with Crippen LogP contribution >= 0.6 is 70.7 Å². The minimum atomic E-state index is -0.316. The average Bonchev–Trinajstić information content (AvgIpc) is 2.76. The summed E-state index contributed by atoms with van der Waals surface area (Å²) in [5.74, 6) is 1.39. The van der Waals surface area contributed by atoms with Gasteiger partial charge < -0.3 is 9.47 Å². The summed E-state index contributed by atoms with van der Waals surface area (Å²) in [6.45, 7) is 0. The predicted molar refractivity (Wildman–Crippen MR) is 94.7 cm³/mol. The van der Waals surface area contributed by atoms with E-state index < -0.39 is 0 Å². The van der Waals surface area contributed by atoms with E-state index in [1.807, 2.05) is 18.2 Å². The number of alkyl halides is 1. The predicted octanol–water partition coefficient (Wildman–Crippen LogP) is 6.38. The van der Waals surface area contributed by atoms with Crippen LogP contribution in [0.4, 0.5) is 0 Å². The molecule has 1 unspecified atom stereocenters. The Morgan fingerprint density at radius 2 is 1.80 bits per heavy atom. The average molecular weight is 505 g/mol. The summed E-state index contributed by atoms with van der Waals surface area (Å²) in [6, 6.07) is 5.79. The van der Waals surface area contributed by atoms with Crippen molar-refractivity contribution in [3.63, 3.8) is 0 Å². The lowest BCUT2D eigenvalue weighted by atomic mass is 10.1. The van der Waals surface area contributed by atoms with E-state index >= 15 is 0 Å². The number of benzene rings is 1. The zero-order valence-corrected chi connectivity index (χ0v) is 16.9. The summed E-state index contributed by atoms with van der Waals surface area (Å²) in [4.78, 5) is 0. The highest BCUT2D eigenvalue weighted by Crippen LogP contribution is 2.47. The first kappa shape index (κ1) is 16.6. The van der Waals surface area contributed by atoms with Crippen LogP contribution in [0.25, 0.3) is 0 Å². The third kappa shape index (κ3) is 3.19. The molecule has 0 aliphatic carbocycles. The van der Waals surface area contributed by atoms with Gasteiger partial charge in [0, 0.05) is 11.1 Å². The van der Waals surface area contributed by atoms with Gasteiger partial charge in [0.25, 0.3) is 0 Å². The van der Waals surface area contributed by atoms with Gasteiger partial charge in [-0.3, -0.25) is 0 Å².